The normalized spacial score (nSPS) is 16.9. The lowest BCUT2D eigenvalue weighted by molar-refractivity contribution is -0.384. The number of halogens is 3. The molecule has 0 saturated carbocycles. The summed E-state index contributed by atoms with van der Waals surface area (Å²) in [7, 11) is 0. The van der Waals surface area contributed by atoms with Gasteiger partial charge < -0.3 is 15.5 Å². The second kappa shape index (κ2) is 6.63. The number of nitro groups is 1. The molecule has 1 atom stereocenters. The van der Waals surface area contributed by atoms with E-state index in [4.69, 9.17) is 5.73 Å². The van der Waals surface area contributed by atoms with Crippen molar-refractivity contribution in [3.63, 3.8) is 0 Å². The Morgan fingerprint density at radius 2 is 1.88 bits per heavy atom. The number of anilines is 1. The van der Waals surface area contributed by atoms with Crippen molar-refractivity contribution >= 4 is 17.3 Å². The van der Waals surface area contributed by atoms with Crippen molar-refractivity contribution in [3.05, 3.63) is 33.9 Å². The summed E-state index contributed by atoms with van der Waals surface area (Å²) in [5.41, 5.74) is 3.98. The van der Waals surface area contributed by atoms with Crippen LogP contribution in [0.15, 0.2) is 18.2 Å². The van der Waals surface area contributed by atoms with Crippen LogP contribution >= 0.6 is 0 Å². The average Bonchev–Trinajstić information content (AvgIpc) is 2.52. The molecule has 0 unspecified atom stereocenters. The second-order valence-electron chi connectivity index (χ2n) is 5.56. The number of piperazine rings is 1. The van der Waals surface area contributed by atoms with Gasteiger partial charge in [-0.15, -0.1) is 0 Å². The van der Waals surface area contributed by atoms with E-state index < -0.39 is 28.4 Å². The first-order valence-electron chi connectivity index (χ1n) is 7.26. The number of hydrogen-bond donors (Lipinski definition) is 1. The number of rotatable bonds is 3. The summed E-state index contributed by atoms with van der Waals surface area (Å²) in [6.45, 7) is 2.74. The Morgan fingerprint density at radius 3 is 2.33 bits per heavy atom. The zero-order valence-corrected chi connectivity index (χ0v) is 12.9. The average molecular weight is 346 g/mol. The summed E-state index contributed by atoms with van der Waals surface area (Å²) in [4.78, 5) is 25.3. The van der Waals surface area contributed by atoms with Crippen LogP contribution < -0.4 is 10.6 Å². The third-order valence-corrected chi connectivity index (χ3v) is 3.82. The van der Waals surface area contributed by atoms with Crippen LogP contribution in [0.25, 0.3) is 0 Å². The van der Waals surface area contributed by atoms with Gasteiger partial charge in [0.2, 0.25) is 5.91 Å². The van der Waals surface area contributed by atoms with E-state index >= 15 is 0 Å². The summed E-state index contributed by atoms with van der Waals surface area (Å²) in [5, 5.41) is 11.1. The van der Waals surface area contributed by atoms with Crippen LogP contribution in [0.1, 0.15) is 12.5 Å². The number of amides is 1. The highest BCUT2D eigenvalue weighted by atomic mass is 19.4. The maximum Gasteiger partial charge on any atom is 0.416 e. The Labute approximate surface area is 136 Å². The Morgan fingerprint density at radius 1 is 1.29 bits per heavy atom. The molecule has 24 heavy (non-hydrogen) atoms. The lowest BCUT2D eigenvalue weighted by Crippen LogP contribution is -2.52. The van der Waals surface area contributed by atoms with Crippen molar-refractivity contribution < 1.29 is 22.9 Å². The molecule has 0 bridgehead atoms. The quantitative estimate of drug-likeness (QED) is 0.663. The molecule has 1 aromatic rings. The predicted octanol–water partition coefficient (Wildman–Crippen LogP) is 1.61. The first-order chi connectivity index (χ1) is 11.1. The molecule has 1 fully saturated rings. The monoisotopic (exact) mass is 346 g/mol. The minimum atomic E-state index is -4.65. The first kappa shape index (κ1) is 18.0. The highest BCUT2D eigenvalue weighted by molar-refractivity contribution is 5.81. The van der Waals surface area contributed by atoms with Crippen LogP contribution in [0.4, 0.5) is 24.5 Å². The Hall–Kier alpha value is -2.36. The van der Waals surface area contributed by atoms with Crippen molar-refractivity contribution in [2.75, 3.05) is 31.1 Å². The SMILES string of the molecule is C[C@@H](N)C(=O)N1CCN(c2ccc(C(F)(F)F)cc2[N+](=O)[O-])CC1. The van der Waals surface area contributed by atoms with E-state index in [-0.39, 0.29) is 24.7 Å². The molecular weight excluding hydrogens is 329 g/mol. The molecule has 1 heterocycles. The van der Waals surface area contributed by atoms with Gasteiger partial charge in [0.15, 0.2) is 0 Å². The van der Waals surface area contributed by atoms with Gasteiger partial charge in [-0.2, -0.15) is 13.2 Å². The van der Waals surface area contributed by atoms with Crippen molar-refractivity contribution in [1.29, 1.82) is 0 Å². The molecule has 132 valence electrons. The third-order valence-electron chi connectivity index (χ3n) is 3.82. The molecule has 2 N–H and O–H groups in total. The summed E-state index contributed by atoms with van der Waals surface area (Å²) in [6, 6.07) is 1.82. The third kappa shape index (κ3) is 3.75. The lowest BCUT2D eigenvalue weighted by Gasteiger charge is -2.36. The van der Waals surface area contributed by atoms with Gasteiger partial charge in [0.05, 0.1) is 16.5 Å². The van der Waals surface area contributed by atoms with Crippen molar-refractivity contribution in [2.45, 2.75) is 19.1 Å². The highest BCUT2D eigenvalue weighted by Crippen LogP contribution is 2.36. The molecule has 0 spiro atoms. The zero-order chi connectivity index (χ0) is 18.1. The minimum absolute atomic E-state index is 0.112. The smallest absolute Gasteiger partial charge is 0.362 e. The first-order valence-corrected chi connectivity index (χ1v) is 7.26. The van der Waals surface area contributed by atoms with Gasteiger partial charge >= 0.3 is 6.18 Å². The summed E-state index contributed by atoms with van der Waals surface area (Å²) < 4.78 is 38.2. The molecule has 0 aliphatic carbocycles. The molecule has 10 heteroatoms. The Bertz CT molecular complexity index is 641. The van der Waals surface area contributed by atoms with E-state index in [1.807, 2.05) is 0 Å². The largest absolute Gasteiger partial charge is 0.416 e. The number of nitrogens with two attached hydrogens (primary N) is 1. The molecule has 1 aliphatic heterocycles. The van der Waals surface area contributed by atoms with Gasteiger partial charge in [-0.05, 0) is 19.1 Å². The molecule has 1 saturated heterocycles. The predicted molar refractivity (Wildman–Crippen MR) is 80.5 cm³/mol. The van der Waals surface area contributed by atoms with Crippen LogP contribution in [0, 0.1) is 10.1 Å². The molecule has 1 aromatic carbocycles. The molecule has 0 aromatic heterocycles. The van der Waals surface area contributed by atoms with E-state index in [0.29, 0.717) is 19.2 Å². The van der Waals surface area contributed by atoms with E-state index in [9.17, 15) is 28.1 Å². The second-order valence-corrected chi connectivity index (χ2v) is 5.56. The number of carbonyl (C=O) groups is 1. The van der Waals surface area contributed by atoms with Gasteiger partial charge in [0.1, 0.15) is 5.69 Å². The molecule has 2 rings (SSSR count). The topological polar surface area (TPSA) is 92.7 Å². The van der Waals surface area contributed by atoms with Gasteiger partial charge in [0, 0.05) is 32.2 Å². The number of benzene rings is 1. The molecule has 7 nitrogen and oxygen atoms in total. The maximum atomic E-state index is 12.7. The van der Waals surface area contributed by atoms with Crippen molar-refractivity contribution in [2.24, 2.45) is 5.73 Å². The van der Waals surface area contributed by atoms with Crippen LogP contribution in [0.3, 0.4) is 0 Å². The van der Waals surface area contributed by atoms with Crippen LogP contribution in [0.5, 0.6) is 0 Å². The van der Waals surface area contributed by atoms with Gasteiger partial charge in [-0.1, -0.05) is 0 Å². The Balaban J connectivity index is 2.21. The van der Waals surface area contributed by atoms with Crippen LogP contribution in [-0.4, -0.2) is 48.0 Å². The van der Waals surface area contributed by atoms with E-state index in [1.54, 1.807) is 11.8 Å². The summed E-state index contributed by atoms with van der Waals surface area (Å²) >= 11 is 0. The summed E-state index contributed by atoms with van der Waals surface area (Å²) in [5.74, 6) is -0.225. The number of alkyl halides is 3. The minimum Gasteiger partial charge on any atom is -0.362 e. The number of nitrogens with zero attached hydrogens (tertiary/aromatic N) is 3. The molecule has 0 radical (unpaired) electrons. The number of nitro benzene ring substituents is 1. The fraction of sp³-hybridized carbons (Fsp3) is 0.500. The summed E-state index contributed by atoms with van der Waals surface area (Å²) in [6.07, 6.45) is -4.65. The van der Waals surface area contributed by atoms with Crippen LogP contribution in [0.2, 0.25) is 0 Å². The highest BCUT2D eigenvalue weighted by Gasteiger charge is 2.34. The zero-order valence-electron chi connectivity index (χ0n) is 12.9. The van der Waals surface area contributed by atoms with Gasteiger partial charge in [0.25, 0.3) is 5.69 Å². The Kier molecular flexibility index (Phi) is 4.97. The van der Waals surface area contributed by atoms with Crippen molar-refractivity contribution in [1.82, 2.24) is 4.90 Å². The molecular formula is C14H17F3N4O3. The van der Waals surface area contributed by atoms with E-state index in [0.717, 1.165) is 12.1 Å². The van der Waals surface area contributed by atoms with Crippen LogP contribution in [-0.2, 0) is 11.0 Å². The van der Waals surface area contributed by atoms with Crippen molar-refractivity contribution in [3.8, 4) is 0 Å². The number of hydrogen-bond acceptors (Lipinski definition) is 5. The van der Waals surface area contributed by atoms with E-state index in [1.165, 1.54) is 4.90 Å². The van der Waals surface area contributed by atoms with Gasteiger partial charge in [-0.3, -0.25) is 14.9 Å². The molecule has 1 aliphatic rings. The maximum absolute atomic E-state index is 12.7. The fourth-order valence-corrected chi connectivity index (χ4v) is 2.57. The number of carbonyl (C=O) groups excluding carboxylic acids is 1. The fourth-order valence-electron chi connectivity index (χ4n) is 2.57. The van der Waals surface area contributed by atoms with Gasteiger partial charge in [-0.25, -0.2) is 0 Å². The lowest BCUT2D eigenvalue weighted by atomic mass is 10.1. The standard InChI is InChI=1S/C14H17F3N4O3/c1-9(18)13(22)20-6-4-19(5-7-20)11-3-2-10(14(15,16)17)8-12(11)21(23)24/h2-3,8-9H,4-7,18H2,1H3/t9-/m1/s1. The molecule has 1 amide bonds. The van der Waals surface area contributed by atoms with E-state index in [2.05, 4.69) is 0 Å².